The molecule has 8 rings (SSSR count). The fourth-order valence-corrected chi connectivity index (χ4v) is 10.0. The lowest BCUT2D eigenvalue weighted by Gasteiger charge is -2.59. The van der Waals surface area contributed by atoms with Gasteiger partial charge in [-0.2, -0.15) is 0 Å². The average Bonchev–Trinajstić information content (AvgIpc) is 2.65. The second-order valence-corrected chi connectivity index (χ2v) is 12.8. The van der Waals surface area contributed by atoms with E-state index < -0.39 is 0 Å². The van der Waals surface area contributed by atoms with E-state index in [0.29, 0.717) is 18.4 Å². The Morgan fingerprint density at radius 3 is 1.67 bits per heavy atom. The number of carbonyl (C=O) groups is 2. The van der Waals surface area contributed by atoms with Crippen LogP contribution in [0.15, 0.2) is 0 Å². The first-order valence-corrected chi connectivity index (χ1v) is 13.0. The molecule has 8 bridgehead atoms. The summed E-state index contributed by atoms with van der Waals surface area (Å²) in [5.74, 6) is 5.47. The van der Waals surface area contributed by atoms with Crippen LogP contribution in [0.1, 0.15) is 90.4 Å². The summed E-state index contributed by atoms with van der Waals surface area (Å²) in [5, 5.41) is 6.54. The minimum Gasteiger partial charge on any atom is -0.355 e. The van der Waals surface area contributed by atoms with E-state index in [1.165, 1.54) is 57.8 Å². The largest absolute Gasteiger partial charge is 0.355 e. The predicted octanol–water partition coefficient (Wildman–Crippen LogP) is 4.43. The third kappa shape index (κ3) is 3.23. The average molecular weight is 413 g/mol. The van der Waals surface area contributed by atoms with Crippen LogP contribution < -0.4 is 10.6 Å². The van der Waals surface area contributed by atoms with Gasteiger partial charge in [0.2, 0.25) is 11.8 Å². The fourth-order valence-electron chi connectivity index (χ4n) is 10.0. The molecule has 4 heteroatoms. The van der Waals surface area contributed by atoms with Crippen molar-refractivity contribution in [3.8, 4) is 0 Å². The number of hydrogen-bond acceptors (Lipinski definition) is 2. The molecule has 0 unspecified atom stereocenters. The Hall–Kier alpha value is -1.06. The van der Waals surface area contributed by atoms with Gasteiger partial charge in [-0.05, 0) is 125 Å². The Morgan fingerprint density at radius 2 is 1.20 bits per heavy atom. The summed E-state index contributed by atoms with van der Waals surface area (Å²) in [6.45, 7) is 2.75. The van der Waals surface area contributed by atoms with Crippen molar-refractivity contribution in [2.24, 2.45) is 46.3 Å². The second-order valence-electron chi connectivity index (χ2n) is 12.8. The molecule has 0 aromatic rings. The van der Waals surface area contributed by atoms with E-state index in [-0.39, 0.29) is 23.3 Å². The normalized spacial score (nSPS) is 48.6. The molecule has 8 aliphatic rings. The van der Waals surface area contributed by atoms with Crippen LogP contribution in [0.5, 0.6) is 0 Å². The highest BCUT2D eigenvalue weighted by Crippen LogP contribution is 2.61. The molecular weight excluding hydrogens is 372 g/mol. The maximum Gasteiger partial charge on any atom is 0.226 e. The van der Waals surface area contributed by atoms with Crippen LogP contribution in [0.2, 0.25) is 0 Å². The summed E-state index contributed by atoms with van der Waals surface area (Å²) in [4.78, 5) is 25.8. The van der Waals surface area contributed by atoms with Gasteiger partial charge in [-0.15, -0.1) is 0 Å². The minimum absolute atomic E-state index is 0.0995. The van der Waals surface area contributed by atoms with E-state index in [9.17, 15) is 9.59 Å². The van der Waals surface area contributed by atoms with Crippen molar-refractivity contribution in [2.75, 3.05) is 6.54 Å². The molecule has 8 fully saturated rings. The highest BCUT2D eigenvalue weighted by molar-refractivity contribution is 5.84. The molecule has 0 spiro atoms. The highest BCUT2D eigenvalue weighted by atomic mass is 16.2. The van der Waals surface area contributed by atoms with E-state index in [1.54, 1.807) is 0 Å². The molecule has 0 aromatic heterocycles. The van der Waals surface area contributed by atoms with E-state index in [2.05, 4.69) is 17.6 Å². The topological polar surface area (TPSA) is 58.2 Å². The smallest absolute Gasteiger partial charge is 0.226 e. The Balaban J connectivity index is 1.00. The molecule has 8 aliphatic carbocycles. The zero-order valence-corrected chi connectivity index (χ0v) is 18.8. The number of hydrogen-bond donors (Lipinski definition) is 2. The Labute approximate surface area is 181 Å². The molecule has 0 radical (unpaired) electrons. The predicted molar refractivity (Wildman–Crippen MR) is 116 cm³/mol. The lowest BCUT2D eigenvalue weighted by Crippen LogP contribution is -2.56. The third-order valence-corrected chi connectivity index (χ3v) is 10.5. The van der Waals surface area contributed by atoms with Gasteiger partial charge >= 0.3 is 0 Å². The van der Waals surface area contributed by atoms with Crippen molar-refractivity contribution >= 4 is 11.8 Å². The molecule has 4 nitrogen and oxygen atoms in total. The van der Waals surface area contributed by atoms with Crippen LogP contribution in [-0.2, 0) is 9.59 Å². The van der Waals surface area contributed by atoms with Crippen molar-refractivity contribution in [2.45, 2.75) is 96.4 Å². The van der Waals surface area contributed by atoms with Gasteiger partial charge in [0, 0.05) is 24.4 Å². The van der Waals surface area contributed by atoms with E-state index >= 15 is 0 Å². The summed E-state index contributed by atoms with van der Waals surface area (Å²) >= 11 is 0. The maximum atomic E-state index is 13.1. The van der Waals surface area contributed by atoms with Gasteiger partial charge in [-0.25, -0.2) is 0 Å². The lowest BCUT2D eigenvalue weighted by molar-refractivity contribution is -0.146. The van der Waals surface area contributed by atoms with Crippen LogP contribution in [0, 0.1) is 46.3 Å². The van der Waals surface area contributed by atoms with Crippen molar-refractivity contribution < 1.29 is 9.59 Å². The van der Waals surface area contributed by atoms with Crippen molar-refractivity contribution in [1.82, 2.24) is 10.6 Å². The summed E-state index contributed by atoms with van der Waals surface area (Å²) in [6, 6.07) is 0.275. The first-order valence-electron chi connectivity index (χ1n) is 13.0. The second kappa shape index (κ2) is 6.97. The molecule has 0 heterocycles. The van der Waals surface area contributed by atoms with Gasteiger partial charge in [0.15, 0.2) is 0 Å². The monoisotopic (exact) mass is 412 g/mol. The molecule has 0 aliphatic heterocycles. The zero-order chi connectivity index (χ0) is 20.5. The number of rotatable bonds is 6. The van der Waals surface area contributed by atoms with Crippen LogP contribution in [0.4, 0.5) is 0 Å². The molecule has 8 saturated carbocycles. The molecule has 2 amide bonds. The molecular formula is C26H40N2O2. The lowest BCUT2D eigenvalue weighted by atomic mass is 9.48. The minimum atomic E-state index is -0.0995. The first kappa shape index (κ1) is 19.6. The van der Waals surface area contributed by atoms with Gasteiger partial charge in [-0.1, -0.05) is 0 Å². The highest BCUT2D eigenvalue weighted by Gasteiger charge is 2.55. The van der Waals surface area contributed by atoms with Crippen LogP contribution in [0.3, 0.4) is 0 Å². The Kier molecular flexibility index (Phi) is 4.56. The van der Waals surface area contributed by atoms with Crippen molar-refractivity contribution in [1.29, 1.82) is 0 Å². The summed E-state index contributed by atoms with van der Waals surface area (Å²) in [6.07, 6.45) is 16.1. The van der Waals surface area contributed by atoms with Gasteiger partial charge in [0.25, 0.3) is 0 Å². The zero-order valence-electron chi connectivity index (χ0n) is 18.8. The van der Waals surface area contributed by atoms with Gasteiger partial charge in [0.05, 0.1) is 0 Å². The standard InChI is InChI=1S/C26H40N2O2/c1-16(25-10-17-4-18(11-25)6-19(5-17)12-25)28-23(29)2-3-27-24(30)26-13-20-7-21(14-26)9-22(8-20)15-26/h16-22H,2-15H2,1H3,(H,27,30)(H,28,29)/t16-,17?,18?,19?,20?,21?,22?,25?,26?/m1/s1. The van der Waals surface area contributed by atoms with Crippen LogP contribution >= 0.6 is 0 Å². The Morgan fingerprint density at radius 1 is 0.767 bits per heavy atom. The molecule has 166 valence electrons. The van der Waals surface area contributed by atoms with Crippen LogP contribution in [-0.4, -0.2) is 24.4 Å². The molecule has 0 aromatic carbocycles. The van der Waals surface area contributed by atoms with Crippen LogP contribution in [0.25, 0.3) is 0 Å². The SMILES string of the molecule is C[C@@H](NC(=O)CCNC(=O)C12CC3CC(CC(C3)C1)C2)C12CC3CC(CC(C3)C1)C2. The van der Waals surface area contributed by atoms with Gasteiger partial charge < -0.3 is 10.6 Å². The van der Waals surface area contributed by atoms with E-state index in [0.717, 1.165) is 54.8 Å². The third-order valence-electron chi connectivity index (χ3n) is 10.5. The Bertz CT molecular complexity index is 658. The number of nitrogens with one attached hydrogen (secondary N) is 2. The molecule has 30 heavy (non-hydrogen) atoms. The number of carbonyl (C=O) groups excluding carboxylic acids is 2. The van der Waals surface area contributed by atoms with Gasteiger partial charge in [-0.3, -0.25) is 9.59 Å². The number of amides is 2. The molecule has 2 N–H and O–H groups in total. The van der Waals surface area contributed by atoms with E-state index in [1.807, 2.05) is 0 Å². The quantitative estimate of drug-likeness (QED) is 0.678. The van der Waals surface area contributed by atoms with Gasteiger partial charge in [0.1, 0.15) is 0 Å². The van der Waals surface area contributed by atoms with Crippen molar-refractivity contribution in [3.63, 3.8) is 0 Å². The van der Waals surface area contributed by atoms with Crippen molar-refractivity contribution in [3.05, 3.63) is 0 Å². The summed E-state index contributed by atoms with van der Waals surface area (Å²) in [7, 11) is 0. The maximum absolute atomic E-state index is 13.1. The first-order chi connectivity index (χ1) is 14.4. The molecule has 0 saturated heterocycles. The van der Waals surface area contributed by atoms with E-state index in [4.69, 9.17) is 0 Å². The summed E-state index contributed by atoms with van der Waals surface area (Å²) in [5.41, 5.74) is 0.255. The molecule has 1 atom stereocenters. The summed E-state index contributed by atoms with van der Waals surface area (Å²) < 4.78 is 0. The fraction of sp³-hybridized carbons (Fsp3) is 0.923.